The Morgan fingerprint density at radius 3 is 2.57 bits per heavy atom. The minimum Gasteiger partial charge on any atom is -0.445 e. The van der Waals surface area contributed by atoms with Gasteiger partial charge in [0.05, 0.1) is 0 Å². The first-order valence-corrected chi connectivity index (χ1v) is 8.07. The predicted octanol–water partition coefficient (Wildman–Crippen LogP) is 3.23. The molecule has 2 fully saturated rings. The SMILES string of the molecule is O=C(OCc1ccc([C@H]2CCCN2)cc1)N1CCCCC1. The van der Waals surface area contributed by atoms with E-state index in [0.29, 0.717) is 12.6 Å². The van der Waals surface area contributed by atoms with Crippen LogP contribution in [0.2, 0.25) is 0 Å². The molecule has 4 nitrogen and oxygen atoms in total. The molecule has 0 saturated carbocycles. The number of rotatable bonds is 3. The zero-order chi connectivity index (χ0) is 14.5. The van der Waals surface area contributed by atoms with Gasteiger partial charge in [0.25, 0.3) is 0 Å². The minimum absolute atomic E-state index is 0.170. The zero-order valence-electron chi connectivity index (χ0n) is 12.5. The fourth-order valence-electron chi connectivity index (χ4n) is 3.13. The molecule has 0 aromatic heterocycles. The molecule has 2 saturated heterocycles. The lowest BCUT2D eigenvalue weighted by atomic mass is 10.0. The van der Waals surface area contributed by atoms with Crippen LogP contribution < -0.4 is 5.32 Å². The normalized spacial score (nSPS) is 22.3. The van der Waals surface area contributed by atoms with Crippen LogP contribution in [0.5, 0.6) is 0 Å². The number of hydrogen-bond acceptors (Lipinski definition) is 3. The molecule has 4 heteroatoms. The lowest BCUT2D eigenvalue weighted by Gasteiger charge is -2.25. The third-order valence-corrected chi connectivity index (χ3v) is 4.42. The van der Waals surface area contributed by atoms with Crippen molar-refractivity contribution in [2.24, 2.45) is 0 Å². The molecule has 21 heavy (non-hydrogen) atoms. The van der Waals surface area contributed by atoms with Gasteiger partial charge >= 0.3 is 6.09 Å². The average Bonchev–Trinajstić information content (AvgIpc) is 3.08. The summed E-state index contributed by atoms with van der Waals surface area (Å²) in [6, 6.07) is 8.92. The molecule has 1 aromatic carbocycles. The van der Waals surface area contributed by atoms with E-state index >= 15 is 0 Å². The third-order valence-electron chi connectivity index (χ3n) is 4.42. The Labute approximate surface area is 126 Å². The largest absolute Gasteiger partial charge is 0.445 e. The summed E-state index contributed by atoms with van der Waals surface area (Å²) < 4.78 is 5.40. The number of ether oxygens (including phenoxy) is 1. The highest BCUT2D eigenvalue weighted by molar-refractivity contribution is 5.67. The standard InChI is InChI=1S/C17H24N2O2/c20-17(19-11-2-1-3-12-19)21-13-14-6-8-15(9-7-14)16-5-4-10-18-16/h6-9,16,18H,1-5,10-13H2/t16-/m1/s1. The lowest BCUT2D eigenvalue weighted by molar-refractivity contribution is 0.0894. The van der Waals surface area contributed by atoms with E-state index in [1.165, 1.54) is 24.8 Å². The molecule has 2 aliphatic rings. The van der Waals surface area contributed by atoms with Crippen molar-refractivity contribution in [1.29, 1.82) is 0 Å². The van der Waals surface area contributed by atoms with Gasteiger partial charge in [-0.15, -0.1) is 0 Å². The maximum absolute atomic E-state index is 11.9. The highest BCUT2D eigenvalue weighted by Crippen LogP contribution is 2.23. The van der Waals surface area contributed by atoms with Crippen molar-refractivity contribution in [3.63, 3.8) is 0 Å². The van der Waals surface area contributed by atoms with Crippen molar-refractivity contribution < 1.29 is 9.53 Å². The molecule has 1 atom stereocenters. The topological polar surface area (TPSA) is 41.6 Å². The molecule has 0 unspecified atom stereocenters. The highest BCUT2D eigenvalue weighted by atomic mass is 16.6. The second kappa shape index (κ2) is 6.94. The first kappa shape index (κ1) is 14.4. The summed E-state index contributed by atoms with van der Waals surface area (Å²) in [5.74, 6) is 0. The molecule has 2 aliphatic heterocycles. The number of likely N-dealkylation sites (tertiary alicyclic amines) is 1. The molecule has 114 valence electrons. The van der Waals surface area contributed by atoms with Gasteiger partial charge < -0.3 is 15.0 Å². The molecule has 0 bridgehead atoms. The number of nitrogens with one attached hydrogen (secondary N) is 1. The molecule has 1 N–H and O–H groups in total. The van der Waals surface area contributed by atoms with Gasteiger partial charge in [0.15, 0.2) is 0 Å². The molecule has 2 heterocycles. The fraction of sp³-hybridized carbons (Fsp3) is 0.588. The summed E-state index contributed by atoms with van der Waals surface area (Å²) in [4.78, 5) is 13.8. The third kappa shape index (κ3) is 3.76. The van der Waals surface area contributed by atoms with E-state index in [4.69, 9.17) is 4.74 Å². The predicted molar refractivity (Wildman–Crippen MR) is 82.0 cm³/mol. The molecule has 1 amide bonds. The number of benzene rings is 1. The Balaban J connectivity index is 1.49. The lowest BCUT2D eigenvalue weighted by Crippen LogP contribution is -2.35. The van der Waals surface area contributed by atoms with E-state index in [1.54, 1.807) is 0 Å². The average molecular weight is 288 g/mol. The molecule has 0 aliphatic carbocycles. The molecular weight excluding hydrogens is 264 g/mol. The van der Waals surface area contributed by atoms with Crippen molar-refractivity contribution in [1.82, 2.24) is 10.2 Å². The molecule has 3 rings (SSSR count). The Morgan fingerprint density at radius 2 is 1.90 bits per heavy atom. The molecular formula is C17H24N2O2. The Morgan fingerprint density at radius 1 is 1.14 bits per heavy atom. The zero-order valence-corrected chi connectivity index (χ0v) is 12.5. The van der Waals surface area contributed by atoms with Crippen LogP contribution in [-0.4, -0.2) is 30.6 Å². The van der Waals surface area contributed by atoms with Crippen molar-refractivity contribution in [2.45, 2.75) is 44.8 Å². The van der Waals surface area contributed by atoms with E-state index in [0.717, 1.165) is 38.0 Å². The van der Waals surface area contributed by atoms with Crippen molar-refractivity contribution in [3.8, 4) is 0 Å². The Hall–Kier alpha value is -1.55. The van der Waals surface area contributed by atoms with E-state index < -0.39 is 0 Å². The summed E-state index contributed by atoms with van der Waals surface area (Å²) in [6.07, 6.45) is 5.70. The van der Waals surface area contributed by atoms with Crippen LogP contribution in [0.15, 0.2) is 24.3 Å². The molecule has 0 radical (unpaired) electrons. The Bertz CT molecular complexity index is 460. The van der Waals surface area contributed by atoms with Crippen molar-refractivity contribution in [2.75, 3.05) is 19.6 Å². The first-order chi connectivity index (χ1) is 10.3. The maximum atomic E-state index is 11.9. The summed E-state index contributed by atoms with van der Waals surface area (Å²) in [5.41, 5.74) is 2.39. The van der Waals surface area contributed by atoms with Crippen LogP contribution >= 0.6 is 0 Å². The number of hydrogen-bond donors (Lipinski definition) is 1. The second-order valence-electron chi connectivity index (χ2n) is 5.99. The second-order valence-corrected chi connectivity index (χ2v) is 5.99. The summed E-state index contributed by atoms with van der Waals surface area (Å²) in [7, 11) is 0. The number of nitrogens with zero attached hydrogens (tertiary/aromatic N) is 1. The van der Waals surface area contributed by atoms with Gasteiger partial charge in [-0.3, -0.25) is 0 Å². The molecule has 1 aromatic rings. The minimum atomic E-state index is -0.170. The van der Waals surface area contributed by atoms with Crippen LogP contribution in [-0.2, 0) is 11.3 Å². The van der Waals surface area contributed by atoms with Crippen LogP contribution in [0.4, 0.5) is 4.79 Å². The summed E-state index contributed by atoms with van der Waals surface area (Å²) in [6.45, 7) is 3.16. The van der Waals surface area contributed by atoms with Gasteiger partial charge in [-0.25, -0.2) is 4.79 Å². The highest BCUT2D eigenvalue weighted by Gasteiger charge is 2.18. The van der Waals surface area contributed by atoms with Gasteiger partial charge in [0.1, 0.15) is 6.61 Å². The summed E-state index contributed by atoms with van der Waals surface area (Å²) in [5, 5.41) is 3.49. The van der Waals surface area contributed by atoms with Crippen molar-refractivity contribution >= 4 is 6.09 Å². The monoisotopic (exact) mass is 288 g/mol. The number of amides is 1. The van der Waals surface area contributed by atoms with E-state index in [2.05, 4.69) is 29.6 Å². The van der Waals surface area contributed by atoms with Gasteiger partial charge in [-0.05, 0) is 49.8 Å². The number of piperidine rings is 1. The molecule has 0 spiro atoms. The van der Waals surface area contributed by atoms with Gasteiger partial charge in [0, 0.05) is 19.1 Å². The van der Waals surface area contributed by atoms with E-state index in [1.807, 2.05) is 4.90 Å². The van der Waals surface area contributed by atoms with Crippen LogP contribution in [0.25, 0.3) is 0 Å². The maximum Gasteiger partial charge on any atom is 0.410 e. The van der Waals surface area contributed by atoms with Gasteiger partial charge in [-0.1, -0.05) is 24.3 Å². The van der Waals surface area contributed by atoms with E-state index in [9.17, 15) is 4.79 Å². The quantitative estimate of drug-likeness (QED) is 0.928. The van der Waals surface area contributed by atoms with Crippen LogP contribution in [0, 0.1) is 0 Å². The van der Waals surface area contributed by atoms with Crippen molar-refractivity contribution in [3.05, 3.63) is 35.4 Å². The van der Waals surface area contributed by atoms with Gasteiger partial charge in [0.2, 0.25) is 0 Å². The number of carbonyl (C=O) groups is 1. The van der Waals surface area contributed by atoms with Gasteiger partial charge in [-0.2, -0.15) is 0 Å². The van der Waals surface area contributed by atoms with Crippen LogP contribution in [0.1, 0.15) is 49.3 Å². The van der Waals surface area contributed by atoms with E-state index in [-0.39, 0.29) is 6.09 Å². The first-order valence-electron chi connectivity index (χ1n) is 8.07. The fourth-order valence-corrected chi connectivity index (χ4v) is 3.13. The van der Waals surface area contributed by atoms with Crippen LogP contribution in [0.3, 0.4) is 0 Å². The smallest absolute Gasteiger partial charge is 0.410 e. The summed E-state index contributed by atoms with van der Waals surface area (Å²) >= 11 is 0. The Kier molecular flexibility index (Phi) is 4.76. The number of carbonyl (C=O) groups excluding carboxylic acids is 1.